The van der Waals surface area contributed by atoms with Gasteiger partial charge in [0.05, 0.1) is 11.1 Å². The summed E-state index contributed by atoms with van der Waals surface area (Å²) in [7, 11) is 0. The maximum Gasteiger partial charge on any atom is 0.143 e. The monoisotopic (exact) mass is 871 g/mol. The Hall–Kier alpha value is -8.40. The highest BCUT2D eigenvalue weighted by Crippen LogP contribution is 2.66. The number of anilines is 3. The van der Waals surface area contributed by atoms with Gasteiger partial charge in [0.25, 0.3) is 0 Å². The van der Waals surface area contributed by atoms with E-state index in [1.165, 1.54) is 66.8 Å². The first-order valence-electron chi connectivity index (χ1n) is 23.7. The zero-order valence-corrected chi connectivity index (χ0v) is 38.3. The second-order valence-electron chi connectivity index (χ2n) is 18.9. The Morgan fingerprint density at radius 2 is 0.824 bits per heavy atom. The first kappa shape index (κ1) is 38.8. The maximum atomic E-state index is 6.55. The lowest BCUT2D eigenvalue weighted by molar-refractivity contribution is 0.669. The third-order valence-corrected chi connectivity index (χ3v) is 15.4. The predicted molar refractivity (Wildman–Crippen MR) is 282 cm³/mol. The van der Waals surface area contributed by atoms with Crippen LogP contribution in [0.25, 0.3) is 88.4 Å². The molecule has 10 aromatic carbocycles. The lowest BCUT2D eigenvalue weighted by Gasteiger charge is -2.34. The van der Waals surface area contributed by atoms with Gasteiger partial charge in [0.15, 0.2) is 0 Å². The van der Waals surface area contributed by atoms with Crippen molar-refractivity contribution in [3.8, 4) is 44.5 Å². The molecule has 2 aliphatic carbocycles. The van der Waals surface area contributed by atoms with Crippen LogP contribution in [-0.2, 0) is 5.41 Å². The summed E-state index contributed by atoms with van der Waals surface area (Å²) in [6, 6.07) is 73.4. The molecule has 0 aliphatic heterocycles. The molecule has 0 atom stereocenters. The third kappa shape index (κ3) is 5.24. The molecule has 68 heavy (non-hydrogen) atoms. The number of benzene rings is 10. The average Bonchev–Trinajstić information content (AvgIpc) is 4.12. The van der Waals surface area contributed by atoms with E-state index in [-0.39, 0.29) is 0 Å². The molecule has 2 heterocycles. The highest BCUT2D eigenvalue weighted by molar-refractivity contribution is 6.11. The summed E-state index contributed by atoms with van der Waals surface area (Å²) in [4.78, 5) is 2.49. The van der Waals surface area contributed by atoms with E-state index >= 15 is 0 Å². The molecule has 3 nitrogen and oxygen atoms in total. The van der Waals surface area contributed by atoms with E-state index in [4.69, 9.17) is 8.83 Å². The fourth-order valence-corrected chi connectivity index (χ4v) is 12.0. The van der Waals surface area contributed by atoms with Crippen molar-refractivity contribution in [3.63, 3.8) is 0 Å². The first-order valence-corrected chi connectivity index (χ1v) is 23.7. The minimum absolute atomic E-state index is 0.489. The number of rotatable bonds is 5. The van der Waals surface area contributed by atoms with Crippen molar-refractivity contribution in [2.75, 3.05) is 4.90 Å². The molecule has 0 fully saturated rings. The van der Waals surface area contributed by atoms with Crippen LogP contribution in [0.2, 0.25) is 0 Å². The normalized spacial score (nSPS) is 13.1. The van der Waals surface area contributed by atoms with Crippen LogP contribution < -0.4 is 4.90 Å². The lowest BCUT2D eigenvalue weighted by Crippen LogP contribution is -2.27. The Balaban J connectivity index is 1.01. The van der Waals surface area contributed by atoms with Crippen LogP contribution in [0.5, 0.6) is 0 Å². The van der Waals surface area contributed by atoms with Crippen LogP contribution in [0.4, 0.5) is 17.1 Å². The van der Waals surface area contributed by atoms with Crippen molar-refractivity contribution in [3.05, 3.63) is 245 Å². The van der Waals surface area contributed by atoms with Gasteiger partial charge in [0, 0.05) is 49.6 Å². The Bertz CT molecular complexity index is 3870. The number of furan rings is 2. The van der Waals surface area contributed by atoms with Crippen molar-refractivity contribution in [1.29, 1.82) is 0 Å². The minimum Gasteiger partial charge on any atom is -0.455 e. The van der Waals surface area contributed by atoms with Crippen molar-refractivity contribution < 1.29 is 8.83 Å². The number of nitrogens with zero attached hydrogens (tertiary/aromatic N) is 1. The minimum atomic E-state index is -0.489. The largest absolute Gasteiger partial charge is 0.455 e. The topological polar surface area (TPSA) is 29.5 Å². The quantitative estimate of drug-likeness (QED) is 0.173. The van der Waals surface area contributed by atoms with E-state index < -0.39 is 5.41 Å². The highest BCUT2D eigenvalue weighted by atomic mass is 16.3. The molecule has 14 rings (SSSR count). The molecule has 0 amide bonds. The fourth-order valence-electron chi connectivity index (χ4n) is 12.0. The third-order valence-electron chi connectivity index (χ3n) is 15.4. The number of fused-ring (bicyclic) bond motifs is 16. The Labute approximate surface area is 395 Å². The van der Waals surface area contributed by atoms with Gasteiger partial charge in [0.1, 0.15) is 22.3 Å². The first-order chi connectivity index (χ1) is 33.4. The Morgan fingerprint density at radius 3 is 1.37 bits per heavy atom. The van der Waals surface area contributed by atoms with Gasteiger partial charge in [-0.1, -0.05) is 158 Å². The fraction of sp³-hybridized carbons (Fsp3) is 0.0769. The maximum absolute atomic E-state index is 6.55. The molecule has 322 valence electrons. The zero-order valence-electron chi connectivity index (χ0n) is 38.3. The van der Waals surface area contributed by atoms with Crippen molar-refractivity contribution in [2.45, 2.75) is 33.1 Å². The standard InChI is InChI=1S/C65H45NO2/c1-38-35-54-57(36-39(38)2)65(55-23-9-5-15-48(55)49-16-6-10-24-56(49)65)62-41(4)40(3)37-58(61(54)62)66(44-31-27-42(28-32-44)46-19-13-21-52-50-17-7-11-25-59(50)67-63(46)52)45-33-29-43(30-34-45)47-20-14-22-53-51-18-8-12-26-60(51)68-64(47)53/h5-37H,1-4H3. The Morgan fingerprint density at radius 1 is 0.368 bits per heavy atom. The van der Waals surface area contributed by atoms with E-state index in [2.05, 4.69) is 221 Å². The van der Waals surface area contributed by atoms with Gasteiger partial charge in [-0.2, -0.15) is 0 Å². The second-order valence-corrected chi connectivity index (χ2v) is 18.9. The molecule has 0 bridgehead atoms. The molecular weight excluding hydrogens is 827 g/mol. The molecule has 2 aromatic heterocycles. The summed E-state index contributed by atoms with van der Waals surface area (Å²) in [6.07, 6.45) is 0. The molecular formula is C65H45NO2. The van der Waals surface area contributed by atoms with Crippen LogP contribution in [0, 0.1) is 27.7 Å². The molecule has 0 radical (unpaired) electrons. The van der Waals surface area contributed by atoms with Crippen LogP contribution in [0.15, 0.2) is 209 Å². The van der Waals surface area contributed by atoms with Crippen molar-refractivity contribution in [2.24, 2.45) is 0 Å². The summed E-state index contributed by atoms with van der Waals surface area (Å²) in [6.45, 7) is 9.18. The van der Waals surface area contributed by atoms with Gasteiger partial charge < -0.3 is 13.7 Å². The molecule has 12 aromatic rings. The zero-order chi connectivity index (χ0) is 45.4. The highest BCUT2D eigenvalue weighted by Gasteiger charge is 2.53. The summed E-state index contributed by atoms with van der Waals surface area (Å²) < 4.78 is 13.1. The molecule has 2 aliphatic rings. The summed E-state index contributed by atoms with van der Waals surface area (Å²) in [5, 5.41) is 4.51. The van der Waals surface area contributed by atoms with Gasteiger partial charge in [0.2, 0.25) is 0 Å². The van der Waals surface area contributed by atoms with E-state index in [1.807, 2.05) is 12.1 Å². The molecule has 0 unspecified atom stereocenters. The number of hydrogen-bond acceptors (Lipinski definition) is 3. The van der Waals surface area contributed by atoms with E-state index in [1.54, 1.807) is 0 Å². The number of para-hydroxylation sites is 4. The van der Waals surface area contributed by atoms with Gasteiger partial charge in [-0.25, -0.2) is 0 Å². The predicted octanol–water partition coefficient (Wildman–Crippen LogP) is 17.9. The SMILES string of the molecule is Cc1cc2c(cc1C)C1(c3ccccc3-c3ccccc31)c1c(C)c(C)cc(N(c3ccc(-c4cccc5c4oc4ccccc45)cc3)c3ccc(-c4cccc5c4oc4ccccc45)cc3)c1-2. The lowest BCUT2D eigenvalue weighted by atomic mass is 9.68. The molecule has 0 N–H and O–H groups in total. The van der Waals surface area contributed by atoms with Crippen LogP contribution in [0.1, 0.15) is 44.5 Å². The molecule has 0 saturated carbocycles. The van der Waals surface area contributed by atoms with Gasteiger partial charge >= 0.3 is 0 Å². The smallest absolute Gasteiger partial charge is 0.143 e. The second kappa shape index (κ2) is 14.3. The summed E-state index contributed by atoms with van der Waals surface area (Å²) in [5.74, 6) is 0. The Kier molecular flexibility index (Phi) is 8.17. The van der Waals surface area contributed by atoms with Crippen molar-refractivity contribution in [1.82, 2.24) is 0 Å². The van der Waals surface area contributed by atoms with Gasteiger partial charge in [-0.15, -0.1) is 0 Å². The van der Waals surface area contributed by atoms with E-state index in [0.29, 0.717) is 0 Å². The van der Waals surface area contributed by atoms with Gasteiger partial charge in [-0.3, -0.25) is 0 Å². The van der Waals surface area contributed by atoms with E-state index in [9.17, 15) is 0 Å². The molecule has 3 heteroatoms. The van der Waals surface area contributed by atoms with Crippen molar-refractivity contribution >= 4 is 60.9 Å². The number of aryl methyl sites for hydroxylation is 3. The average molecular weight is 872 g/mol. The van der Waals surface area contributed by atoms with Crippen LogP contribution in [-0.4, -0.2) is 0 Å². The molecule has 0 saturated heterocycles. The number of hydrogen-bond donors (Lipinski definition) is 0. The van der Waals surface area contributed by atoms with Gasteiger partial charge in [-0.05, 0) is 142 Å². The molecule has 1 spiro atoms. The van der Waals surface area contributed by atoms with Crippen LogP contribution in [0.3, 0.4) is 0 Å². The summed E-state index contributed by atoms with van der Waals surface area (Å²) in [5.41, 5.74) is 26.6. The van der Waals surface area contributed by atoms with E-state index in [0.717, 1.165) is 83.2 Å². The summed E-state index contributed by atoms with van der Waals surface area (Å²) >= 11 is 0. The van der Waals surface area contributed by atoms with Crippen LogP contribution >= 0.6 is 0 Å².